The predicted octanol–water partition coefficient (Wildman–Crippen LogP) is 2.94. The average molecular weight is 264 g/mol. The molecule has 1 amide bonds. The second-order valence-electron chi connectivity index (χ2n) is 4.17. The van der Waals surface area contributed by atoms with E-state index in [-0.39, 0.29) is 5.91 Å². The quantitative estimate of drug-likeness (QED) is 0.906. The molecule has 0 aliphatic carbocycles. The normalized spacial score (nSPS) is 10.4. The number of aromatic nitrogens is 2. The number of rotatable bonds is 2. The van der Waals surface area contributed by atoms with Crippen molar-refractivity contribution in [1.29, 1.82) is 0 Å². The average Bonchev–Trinajstić information content (AvgIpc) is 2.64. The largest absolute Gasteiger partial charge is 0.322 e. The Balaban J connectivity index is 2.27. The van der Waals surface area contributed by atoms with Gasteiger partial charge in [-0.2, -0.15) is 5.10 Å². The van der Waals surface area contributed by atoms with Gasteiger partial charge in [0.2, 0.25) is 0 Å². The maximum atomic E-state index is 12.1. The summed E-state index contributed by atoms with van der Waals surface area (Å²) in [5, 5.41) is 7.62. The van der Waals surface area contributed by atoms with Crippen molar-refractivity contribution in [3.63, 3.8) is 0 Å². The van der Waals surface area contributed by atoms with E-state index in [0.29, 0.717) is 16.3 Å². The highest BCUT2D eigenvalue weighted by atomic mass is 35.5. The molecule has 5 heteroatoms. The number of anilines is 1. The number of aryl methyl sites for hydroxylation is 2. The lowest BCUT2D eigenvalue weighted by atomic mass is 10.2. The van der Waals surface area contributed by atoms with E-state index in [1.54, 1.807) is 37.0 Å². The summed E-state index contributed by atoms with van der Waals surface area (Å²) in [7, 11) is 1.79. The van der Waals surface area contributed by atoms with Crippen molar-refractivity contribution >= 4 is 23.2 Å². The Bertz CT molecular complexity index is 604. The molecule has 18 heavy (non-hydrogen) atoms. The zero-order valence-corrected chi connectivity index (χ0v) is 11.2. The Hall–Kier alpha value is -1.81. The van der Waals surface area contributed by atoms with E-state index in [9.17, 15) is 4.79 Å². The number of amides is 1. The molecule has 1 aromatic heterocycles. The Morgan fingerprint density at radius 2 is 2.11 bits per heavy atom. The Morgan fingerprint density at radius 1 is 1.39 bits per heavy atom. The van der Waals surface area contributed by atoms with Crippen molar-refractivity contribution in [1.82, 2.24) is 9.78 Å². The summed E-state index contributed by atoms with van der Waals surface area (Å²) in [6.07, 6.45) is 1.70. The minimum Gasteiger partial charge on any atom is -0.322 e. The zero-order valence-electron chi connectivity index (χ0n) is 10.5. The van der Waals surface area contributed by atoms with Gasteiger partial charge in [-0.25, -0.2) is 0 Å². The van der Waals surface area contributed by atoms with Gasteiger partial charge in [-0.05, 0) is 31.5 Å². The molecule has 0 saturated carbocycles. The van der Waals surface area contributed by atoms with E-state index in [0.717, 1.165) is 11.3 Å². The van der Waals surface area contributed by atoms with Gasteiger partial charge in [0.05, 0.1) is 11.3 Å². The number of carbonyl (C=O) groups excluding carboxylic acids is 1. The van der Waals surface area contributed by atoms with Gasteiger partial charge in [0, 0.05) is 24.0 Å². The number of halogens is 1. The monoisotopic (exact) mass is 263 g/mol. The molecule has 4 nitrogen and oxygen atoms in total. The van der Waals surface area contributed by atoms with E-state index in [1.807, 2.05) is 13.0 Å². The smallest absolute Gasteiger partial charge is 0.259 e. The molecule has 1 aromatic carbocycles. The van der Waals surface area contributed by atoms with Gasteiger partial charge >= 0.3 is 0 Å². The first-order chi connectivity index (χ1) is 8.49. The molecule has 0 unspecified atom stereocenters. The highest BCUT2D eigenvalue weighted by molar-refractivity contribution is 6.31. The van der Waals surface area contributed by atoms with Crippen LogP contribution in [-0.4, -0.2) is 15.7 Å². The van der Waals surface area contributed by atoms with Crippen molar-refractivity contribution in [3.8, 4) is 0 Å². The molecule has 0 bridgehead atoms. The van der Waals surface area contributed by atoms with E-state index in [1.165, 1.54) is 0 Å². The molecule has 1 heterocycles. The molecule has 0 fully saturated rings. The summed E-state index contributed by atoms with van der Waals surface area (Å²) < 4.78 is 1.62. The summed E-state index contributed by atoms with van der Waals surface area (Å²) in [5.74, 6) is -0.175. The Morgan fingerprint density at radius 3 is 2.72 bits per heavy atom. The van der Waals surface area contributed by atoms with Crippen LogP contribution in [0.5, 0.6) is 0 Å². The fraction of sp³-hybridized carbons (Fsp3) is 0.231. The van der Waals surface area contributed by atoms with Gasteiger partial charge < -0.3 is 5.32 Å². The molecule has 2 aromatic rings. The van der Waals surface area contributed by atoms with Crippen molar-refractivity contribution in [2.45, 2.75) is 13.8 Å². The lowest BCUT2D eigenvalue weighted by Gasteiger charge is -2.08. The summed E-state index contributed by atoms with van der Waals surface area (Å²) in [6.45, 7) is 3.67. The Kier molecular flexibility index (Phi) is 3.39. The van der Waals surface area contributed by atoms with E-state index in [2.05, 4.69) is 10.4 Å². The van der Waals surface area contributed by atoms with Crippen molar-refractivity contribution in [3.05, 3.63) is 46.2 Å². The second-order valence-corrected chi connectivity index (χ2v) is 4.58. The third-order valence-electron chi connectivity index (χ3n) is 2.77. The van der Waals surface area contributed by atoms with Crippen LogP contribution in [0.4, 0.5) is 5.69 Å². The SMILES string of the molecule is Cc1nn(C)cc1C(=O)Nc1cccc(Cl)c1C. The van der Waals surface area contributed by atoms with Crippen LogP contribution in [0.25, 0.3) is 0 Å². The van der Waals surface area contributed by atoms with Crippen LogP contribution in [0.3, 0.4) is 0 Å². The summed E-state index contributed by atoms with van der Waals surface area (Å²) in [4.78, 5) is 12.1. The number of carbonyl (C=O) groups is 1. The van der Waals surface area contributed by atoms with Gasteiger partial charge in [-0.3, -0.25) is 9.48 Å². The van der Waals surface area contributed by atoms with Crippen LogP contribution < -0.4 is 5.32 Å². The molecule has 2 rings (SSSR count). The molecule has 0 radical (unpaired) electrons. The highest BCUT2D eigenvalue weighted by Gasteiger charge is 2.13. The van der Waals surface area contributed by atoms with Crippen molar-refractivity contribution in [2.24, 2.45) is 7.05 Å². The maximum Gasteiger partial charge on any atom is 0.259 e. The molecule has 0 atom stereocenters. The second kappa shape index (κ2) is 4.82. The number of nitrogens with one attached hydrogen (secondary N) is 1. The molecular formula is C13H14ClN3O. The first kappa shape index (κ1) is 12.6. The molecule has 0 spiro atoms. The lowest BCUT2D eigenvalue weighted by molar-refractivity contribution is 0.102. The maximum absolute atomic E-state index is 12.1. The summed E-state index contributed by atoms with van der Waals surface area (Å²) in [5.41, 5.74) is 2.84. The van der Waals surface area contributed by atoms with E-state index in [4.69, 9.17) is 11.6 Å². The van der Waals surface area contributed by atoms with E-state index >= 15 is 0 Å². The highest BCUT2D eigenvalue weighted by Crippen LogP contribution is 2.23. The van der Waals surface area contributed by atoms with E-state index < -0.39 is 0 Å². The molecule has 0 saturated heterocycles. The molecule has 0 aliphatic heterocycles. The molecule has 0 aliphatic rings. The van der Waals surface area contributed by atoms with Crippen molar-refractivity contribution in [2.75, 3.05) is 5.32 Å². The van der Waals surface area contributed by atoms with Crippen molar-refractivity contribution < 1.29 is 4.79 Å². The number of hydrogen-bond donors (Lipinski definition) is 1. The topological polar surface area (TPSA) is 46.9 Å². The Labute approximate surface area is 111 Å². The summed E-state index contributed by atoms with van der Waals surface area (Å²) >= 11 is 6.01. The van der Waals surface area contributed by atoms with Crippen LogP contribution in [0, 0.1) is 13.8 Å². The van der Waals surface area contributed by atoms with Crippen LogP contribution in [0.1, 0.15) is 21.6 Å². The standard InChI is InChI=1S/C13H14ClN3O/c1-8-11(14)5-4-6-12(8)15-13(18)10-7-17(3)16-9(10)2/h4-7H,1-3H3,(H,15,18). The van der Waals surface area contributed by atoms with Gasteiger partial charge in [0.15, 0.2) is 0 Å². The zero-order chi connectivity index (χ0) is 13.3. The molecule has 94 valence electrons. The molecular weight excluding hydrogens is 250 g/mol. The minimum absolute atomic E-state index is 0.175. The number of benzene rings is 1. The first-order valence-electron chi connectivity index (χ1n) is 5.55. The predicted molar refractivity (Wildman–Crippen MR) is 72.1 cm³/mol. The molecule has 1 N–H and O–H groups in total. The fourth-order valence-electron chi connectivity index (χ4n) is 1.76. The van der Waals surface area contributed by atoms with Crippen LogP contribution in [0.15, 0.2) is 24.4 Å². The van der Waals surface area contributed by atoms with Crippen LogP contribution in [0.2, 0.25) is 5.02 Å². The number of nitrogens with zero attached hydrogens (tertiary/aromatic N) is 2. The first-order valence-corrected chi connectivity index (χ1v) is 5.93. The van der Waals surface area contributed by atoms with Gasteiger partial charge in [0.1, 0.15) is 0 Å². The third kappa shape index (κ3) is 2.38. The minimum atomic E-state index is -0.175. The van der Waals surface area contributed by atoms with Gasteiger partial charge in [0.25, 0.3) is 5.91 Å². The van der Waals surface area contributed by atoms with Crippen LogP contribution >= 0.6 is 11.6 Å². The van der Waals surface area contributed by atoms with Gasteiger partial charge in [-0.1, -0.05) is 17.7 Å². The third-order valence-corrected chi connectivity index (χ3v) is 3.18. The summed E-state index contributed by atoms with van der Waals surface area (Å²) in [6, 6.07) is 5.42. The van der Waals surface area contributed by atoms with Crippen LogP contribution in [-0.2, 0) is 7.05 Å². The number of hydrogen-bond acceptors (Lipinski definition) is 2. The fourth-order valence-corrected chi connectivity index (χ4v) is 1.93. The lowest BCUT2D eigenvalue weighted by Crippen LogP contribution is -2.13. The van der Waals surface area contributed by atoms with Gasteiger partial charge in [-0.15, -0.1) is 0 Å².